The number of hydrogen-bond acceptors (Lipinski definition) is 5. The van der Waals surface area contributed by atoms with Gasteiger partial charge in [-0.05, 0) is 24.3 Å². The molecule has 152 valence electrons. The minimum Gasteiger partial charge on any atom is -0.383 e. The summed E-state index contributed by atoms with van der Waals surface area (Å²) in [5, 5.41) is 1.97. The van der Waals surface area contributed by atoms with Gasteiger partial charge in [0.2, 0.25) is 0 Å². The molecule has 5 rings (SSSR count). The molecule has 0 aliphatic carbocycles. The van der Waals surface area contributed by atoms with Crippen LogP contribution < -0.4 is 5.73 Å². The van der Waals surface area contributed by atoms with Crippen molar-refractivity contribution in [2.75, 3.05) is 31.9 Å². The van der Waals surface area contributed by atoms with Gasteiger partial charge in [-0.25, -0.2) is 9.97 Å². The first kappa shape index (κ1) is 18.6. The highest BCUT2D eigenvalue weighted by molar-refractivity contribution is 5.98. The number of amides is 1. The van der Waals surface area contributed by atoms with Gasteiger partial charge >= 0.3 is 0 Å². The fourth-order valence-corrected chi connectivity index (χ4v) is 4.19. The second-order valence-electron chi connectivity index (χ2n) is 7.76. The molecule has 7 heteroatoms. The number of piperazine rings is 1. The summed E-state index contributed by atoms with van der Waals surface area (Å²) in [6, 6.07) is 17.8. The van der Waals surface area contributed by atoms with Gasteiger partial charge in [0.25, 0.3) is 5.91 Å². The number of carbonyl (C=O) groups is 1. The van der Waals surface area contributed by atoms with E-state index in [2.05, 4.69) is 14.9 Å². The number of nitrogens with two attached hydrogens (primary N) is 1. The van der Waals surface area contributed by atoms with E-state index in [1.165, 1.54) is 0 Å². The monoisotopic (exact) mass is 400 g/mol. The van der Waals surface area contributed by atoms with Gasteiger partial charge in [-0.15, -0.1) is 0 Å². The van der Waals surface area contributed by atoms with E-state index in [1.807, 2.05) is 71.1 Å². The Hall–Kier alpha value is -3.45. The quantitative estimate of drug-likeness (QED) is 0.572. The molecule has 0 atom stereocenters. The fraction of sp³-hybridized carbons (Fsp3) is 0.261. The average Bonchev–Trinajstić information content (AvgIpc) is 3.11. The third-order valence-corrected chi connectivity index (χ3v) is 5.87. The van der Waals surface area contributed by atoms with Crippen molar-refractivity contribution in [2.24, 2.45) is 7.05 Å². The van der Waals surface area contributed by atoms with E-state index in [9.17, 15) is 4.79 Å². The molecule has 1 aliphatic rings. The second-order valence-corrected chi connectivity index (χ2v) is 7.76. The SMILES string of the molecule is Cn1c(C(=O)N2CCN(Cc3nc(N)c4ccccc4n3)CC2)cc2ccccc21. The summed E-state index contributed by atoms with van der Waals surface area (Å²) >= 11 is 0. The zero-order valence-electron chi connectivity index (χ0n) is 17.0. The lowest BCUT2D eigenvalue weighted by molar-refractivity contribution is 0.0617. The van der Waals surface area contributed by atoms with Crippen LogP contribution in [0.4, 0.5) is 5.82 Å². The number of nitrogen functional groups attached to an aromatic ring is 1. The molecule has 4 aromatic rings. The largest absolute Gasteiger partial charge is 0.383 e. The van der Waals surface area contributed by atoms with E-state index < -0.39 is 0 Å². The number of benzene rings is 2. The lowest BCUT2D eigenvalue weighted by Crippen LogP contribution is -2.48. The van der Waals surface area contributed by atoms with Crippen molar-refractivity contribution in [3.8, 4) is 0 Å². The van der Waals surface area contributed by atoms with E-state index >= 15 is 0 Å². The number of fused-ring (bicyclic) bond motifs is 2. The standard InChI is InChI=1S/C23H24N6O/c1-27-19-9-5-2-6-16(19)14-20(27)23(30)29-12-10-28(11-13-29)15-21-25-18-8-4-3-7-17(18)22(24)26-21/h2-9,14H,10-13,15H2,1H3,(H2,24,25,26). The third kappa shape index (κ3) is 3.27. The Bertz CT molecular complexity index is 1240. The molecule has 0 bridgehead atoms. The summed E-state index contributed by atoms with van der Waals surface area (Å²) in [7, 11) is 1.95. The molecule has 2 aromatic carbocycles. The maximum absolute atomic E-state index is 13.1. The van der Waals surface area contributed by atoms with Crippen molar-refractivity contribution in [3.63, 3.8) is 0 Å². The summed E-state index contributed by atoms with van der Waals surface area (Å²) in [6.45, 7) is 3.56. The highest BCUT2D eigenvalue weighted by atomic mass is 16.2. The number of nitrogens with zero attached hydrogens (tertiary/aromatic N) is 5. The highest BCUT2D eigenvalue weighted by Crippen LogP contribution is 2.21. The van der Waals surface area contributed by atoms with Crippen LogP contribution in [0.1, 0.15) is 16.3 Å². The first-order valence-electron chi connectivity index (χ1n) is 10.2. The van der Waals surface area contributed by atoms with Crippen molar-refractivity contribution in [3.05, 3.63) is 66.1 Å². The van der Waals surface area contributed by atoms with Crippen LogP contribution in [0.5, 0.6) is 0 Å². The van der Waals surface area contributed by atoms with Gasteiger partial charge < -0.3 is 15.2 Å². The molecule has 1 aliphatic heterocycles. The second kappa shape index (κ2) is 7.42. The Kier molecular flexibility index (Phi) is 4.59. The Labute approximate surface area is 174 Å². The minimum absolute atomic E-state index is 0.0829. The molecule has 30 heavy (non-hydrogen) atoms. The van der Waals surface area contributed by atoms with Crippen molar-refractivity contribution in [1.82, 2.24) is 24.3 Å². The molecular formula is C23H24N6O. The van der Waals surface area contributed by atoms with Gasteiger partial charge in [0.15, 0.2) is 0 Å². The van der Waals surface area contributed by atoms with Crippen LogP contribution in [0.2, 0.25) is 0 Å². The summed E-state index contributed by atoms with van der Waals surface area (Å²) < 4.78 is 1.98. The van der Waals surface area contributed by atoms with Gasteiger partial charge in [0.1, 0.15) is 17.3 Å². The Balaban J connectivity index is 1.27. The van der Waals surface area contributed by atoms with Crippen LogP contribution in [0, 0.1) is 0 Å². The molecule has 1 amide bonds. The van der Waals surface area contributed by atoms with Gasteiger partial charge in [-0.2, -0.15) is 0 Å². The summed E-state index contributed by atoms with van der Waals surface area (Å²) in [6.07, 6.45) is 0. The van der Waals surface area contributed by atoms with E-state index in [1.54, 1.807) is 0 Å². The normalized spacial score (nSPS) is 15.2. The van der Waals surface area contributed by atoms with Gasteiger partial charge in [-0.3, -0.25) is 9.69 Å². The first-order valence-corrected chi connectivity index (χ1v) is 10.2. The average molecular weight is 400 g/mol. The molecule has 2 N–H and O–H groups in total. The van der Waals surface area contributed by atoms with Crippen LogP contribution in [0.3, 0.4) is 0 Å². The molecule has 7 nitrogen and oxygen atoms in total. The van der Waals surface area contributed by atoms with Crippen LogP contribution in [0.15, 0.2) is 54.6 Å². The number of aryl methyl sites for hydroxylation is 1. The topological polar surface area (TPSA) is 80.3 Å². The number of rotatable bonds is 3. The van der Waals surface area contributed by atoms with Crippen molar-refractivity contribution in [2.45, 2.75) is 6.54 Å². The lowest BCUT2D eigenvalue weighted by atomic mass is 10.2. The molecule has 1 fully saturated rings. The van der Waals surface area contributed by atoms with Crippen LogP contribution >= 0.6 is 0 Å². The number of anilines is 1. The lowest BCUT2D eigenvalue weighted by Gasteiger charge is -2.34. The van der Waals surface area contributed by atoms with E-state index in [-0.39, 0.29) is 5.91 Å². The predicted molar refractivity (Wildman–Crippen MR) is 118 cm³/mol. The number of hydrogen-bond donors (Lipinski definition) is 1. The van der Waals surface area contributed by atoms with E-state index in [4.69, 9.17) is 5.73 Å². The molecule has 0 saturated carbocycles. The maximum Gasteiger partial charge on any atom is 0.270 e. The Morgan fingerprint density at radius 3 is 2.53 bits per heavy atom. The van der Waals surface area contributed by atoms with Crippen molar-refractivity contribution in [1.29, 1.82) is 0 Å². The Morgan fingerprint density at radius 2 is 1.73 bits per heavy atom. The smallest absolute Gasteiger partial charge is 0.270 e. The molecule has 1 saturated heterocycles. The Morgan fingerprint density at radius 1 is 1.00 bits per heavy atom. The maximum atomic E-state index is 13.1. The fourth-order valence-electron chi connectivity index (χ4n) is 4.19. The molecule has 3 heterocycles. The van der Waals surface area contributed by atoms with Crippen LogP contribution in [-0.2, 0) is 13.6 Å². The van der Waals surface area contributed by atoms with Gasteiger partial charge in [0.05, 0.1) is 12.1 Å². The summed E-state index contributed by atoms with van der Waals surface area (Å²) in [5.41, 5.74) is 8.78. The van der Waals surface area contributed by atoms with E-state index in [0.29, 0.717) is 25.5 Å². The third-order valence-electron chi connectivity index (χ3n) is 5.87. The van der Waals surface area contributed by atoms with Crippen LogP contribution in [-0.4, -0.2) is 56.4 Å². The number of carbonyl (C=O) groups excluding carboxylic acids is 1. The molecule has 2 aromatic heterocycles. The molecule has 0 spiro atoms. The number of para-hydroxylation sites is 2. The predicted octanol–water partition coefficient (Wildman–Crippen LogP) is 2.66. The first-order chi connectivity index (χ1) is 14.6. The molecule has 0 radical (unpaired) electrons. The van der Waals surface area contributed by atoms with Gasteiger partial charge in [0, 0.05) is 49.5 Å². The summed E-state index contributed by atoms with van der Waals surface area (Å²) in [5.74, 6) is 1.32. The van der Waals surface area contributed by atoms with Gasteiger partial charge in [-0.1, -0.05) is 30.3 Å². The number of aromatic nitrogens is 3. The van der Waals surface area contributed by atoms with Crippen LogP contribution in [0.25, 0.3) is 21.8 Å². The zero-order chi connectivity index (χ0) is 20.7. The molecular weight excluding hydrogens is 376 g/mol. The summed E-state index contributed by atoms with van der Waals surface area (Å²) in [4.78, 5) is 26.4. The minimum atomic E-state index is 0.0829. The van der Waals surface area contributed by atoms with Crippen molar-refractivity contribution < 1.29 is 4.79 Å². The highest BCUT2D eigenvalue weighted by Gasteiger charge is 2.25. The zero-order valence-corrected chi connectivity index (χ0v) is 17.0. The van der Waals surface area contributed by atoms with Crippen molar-refractivity contribution >= 4 is 33.5 Å². The van der Waals surface area contributed by atoms with E-state index in [0.717, 1.165) is 46.4 Å². The molecule has 0 unspecified atom stereocenters.